The van der Waals surface area contributed by atoms with Crippen molar-refractivity contribution >= 4 is 5.97 Å². The Morgan fingerprint density at radius 3 is 2.76 bits per heavy atom. The van der Waals surface area contributed by atoms with Gasteiger partial charge in [-0.1, -0.05) is 6.07 Å². The standard InChI is InChI=1S/C18H18F3N4O4/c1-10-16-13-8-12(11-4-6-22-7-5-11)2-3-15(13)28-9-14(16)23-25(24(10)27)29-17(26)18(19,20)21/h2-3,8,11,22H,4-7,9H2,1H3/q+1. The average molecular weight is 411 g/mol. The Bertz CT molecular complexity index is 1030. The van der Waals surface area contributed by atoms with Crippen molar-refractivity contribution in [2.24, 2.45) is 0 Å². The first-order valence-electron chi connectivity index (χ1n) is 9.08. The molecule has 0 atom stereocenters. The Hall–Kier alpha value is -2.95. The minimum atomic E-state index is -5.25. The molecule has 0 radical (unpaired) electrons. The summed E-state index contributed by atoms with van der Waals surface area (Å²) in [5.74, 6) is -1.62. The number of aromatic nitrogens is 3. The molecule has 0 saturated carbocycles. The van der Waals surface area contributed by atoms with Crippen molar-refractivity contribution in [1.29, 1.82) is 0 Å². The van der Waals surface area contributed by atoms with Crippen LogP contribution in [-0.2, 0) is 11.4 Å². The highest BCUT2D eigenvalue weighted by molar-refractivity contribution is 5.76. The normalized spacial score (nSPS) is 16.6. The second kappa shape index (κ2) is 7.14. The molecular weight excluding hydrogens is 393 g/mol. The van der Waals surface area contributed by atoms with E-state index < -0.39 is 12.1 Å². The predicted molar refractivity (Wildman–Crippen MR) is 92.6 cm³/mol. The Balaban J connectivity index is 1.76. The predicted octanol–water partition coefficient (Wildman–Crippen LogP) is 1.65. The van der Waals surface area contributed by atoms with Crippen molar-refractivity contribution in [1.82, 2.24) is 15.4 Å². The largest absolute Gasteiger partial charge is 0.493 e. The summed E-state index contributed by atoms with van der Waals surface area (Å²) in [5.41, 5.74) is 2.47. The molecule has 2 aliphatic rings. The third kappa shape index (κ3) is 3.57. The van der Waals surface area contributed by atoms with E-state index in [9.17, 15) is 22.9 Å². The van der Waals surface area contributed by atoms with Gasteiger partial charge in [-0.15, -0.1) is 0 Å². The van der Waals surface area contributed by atoms with Crippen LogP contribution in [-0.4, -0.2) is 35.3 Å². The number of carbonyl (C=O) groups excluding carboxylic acids is 1. The summed E-state index contributed by atoms with van der Waals surface area (Å²) in [6, 6.07) is 5.75. The first-order valence-corrected chi connectivity index (χ1v) is 9.08. The minimum absolute atomic E-state index is 0.00496. The molecule has 2 aliphatic heterocycles. The monoisotopic (exact) mass is 411 g/mol. The number of alkyl halides is 3. The van der Waals surface area contributed by atoms with Gasteiger partial charge >= 0.3 is 12.1 Å². The van der Waals surface area contributed by atoms with Gasteiger partial charge in [-0.2, -0.15) is 13.2 Å². The second-order valence-electron chi connectivity index (χ2n) is 6.98. The summed E-state index contributed by atoms with van der Waals surface area (Å²) >= 11 is 0. The van der Waals surface area contributed by atoms with E-state index in [1.54, 1.807) is 0 Å². The number of piperidine rings is 1. The Morgan fingerprint density at radius 1 is 1.34 bits per heavy atom. The lowest BCUT2D eigenvalue weighted by Gasteiger charge is -2.25. The third-order valence-corrected chi connectivity index (χ3v) is 5.14. The van der Waals surface area contributed by atoms with Gasteiger partial charge < -0.3 is 10.1 Å². The second-order valence-corrected chi connectivity index (χ2v) is 6.98. The Kier molecular flexibility index (Phi) is 4.77. The summed E-state index contributed by atoms with van der Waals surface area (Å²) in [7, 11) is 0. The summed E-state index contributed by atoms with van der Waals surface area (Å²) < 4.78 is 43.1. The molecule has 1 saturated heterocycles. The fourth-order valence-electron chi connectivity index (χ4n) is 3.69. The van der Waals surface area contributed by atoms with Gasteiger partial charge in [-0.3, -0.25) is 4.84 Å². The summed E-state index contributed by atoms with van der Waals surface area (Å²) in [6.45, 7) is 3.19. The molecule has 4 rings (SSSR count). The zero-order valence-electron chi connectivity index (χ0n) is 15.5. The van der Waals surface area contributed by atoms with Crippen LogP contribution in [0.4, 0.5) is 13.2 Å². The van der Waals surface area contributed by atoms with Crippen LogP contribution >= 0.6 is 0 Å². The lowest BCUT2D eigenvalue weighted by Crippen LogP contribution is -2.47. The summed E-state index contributed by atoms with van der Waals surface area (Å²) in [4.78, 5) is 27.6. The van der Waals surface area contributed by atoms with Gasteiger partial charge in [-0.25, -0.2) is 4.79 Å². The topological polar surface area (TPSA) is 88.4 Å². The van der Waals surface area contributed by atoms with Gasteiger partial charge in [0.15, 0.2) is 12.3 Å². The van der Waals surface area contributed by atoms with Gasteiger partial charge in [0.1, 0.15) is 10.3 Å². The molecule has 1 aromatic carbocycles. The van der Waals surface area contributed by atoms with Crippen molar-refractivity contribution in [2.75, 3.05) is 13.1 Å². The smallest absolute Gasteiger partial charge is 0.484 e. The Morgan fingerprint density at radius 2 is 2.07 bits per heavy atom. The molecule has 0 aliphatic carbocycles. The first kappa shape index (κ1) is 19.4. The van der Waals surface area contributed by atoms with Gasteiger partial charge in [0.25, 0.3) is 0 Å². The van der Waals surface area contributed by atoms with E-state index in [4.69, 9.17) is 4.74 Å². The lowest BCUT2D eigenvalue weighted by atomic mass is 9.87. The zero-order chi connectivity index (χ0) is 20.8. The van der Waals surface area contributed by atoms with Crippen LogP contribution in [0.1, 0.15) is 35.7 Å². The van der Waals surface area contributed by atoms with E-state index in [2.05, 4.69) is 15.3 Å². The number of benzene rings is 1. The number of hydrogen-bond donors (Lipinski definition) is 1. The molecule has 29 heavy (non-hydrogen) atoms. The highest BCUT2D eigenvalue weighted by Crippen LogP contribution is 2.40. The fraction of sp³-hybridized carbons (Fsp3) is 0.444. The molecule has 0 spiro atoms. The quantitative estimate of drug-likeness (QED) is 0.757. The van der Waals surface area contributed by atoms with Crippen LogP contribution in [0.3, 0.4) is 0 Å². The first-order chi connectivity index (χ1) is 13.8. The van der Waals surface area contributed by atoms with E-state index in [0.29, 0.717) is 22.8 Å². The number of carbonyl (C=O) groups is 1. The molecule has 0 bridgehead atoms. The molecule has 11 heteroatoms. The van der Waals surface area contributed by atoms with Crippen molar-refractivity contribution in [3.63, 3.8) is 0 Å². The average Bonchev–Trinajstić information content (AvgIpc) is 2.70. The number of rotatable bonds is 2. The van der Waals surface area contributed by atoms with Crippen molar-refractivity contribution < 1.29 is 32.1 Å². The van der Waals surface area contributed by atoms with Crippen LogP contribution < -0.4 is 19.4 Å². The molecule has 154 valence electrons. The van der Waals surface area contributed by atoms with Crippen LogP contribution in [0, 0.1) is 11.8 Å². The lowest BCUT2D eigenvalue weighted by molar-refractivity contribution is -0.646. The molecule has 1 N–H and O–H groups in total. The van der Waals surface area contributed by atoms with Crippen LogP contribution in [0.25, 0.3) is 11.1 Å². The van der Waals surface area contributed by atoms with Gasteiger partial charge in [0, 0.05) is 12.5 Å². The molecule has 2 aromatic rings. The number of hydrogen-bond acceptors (Lipinski definition) is 6. The SMILES string of the molecule is Cc1c2c(nn(OC(=O)C(F)(F)F)[n+]1=O)COc1ccc(C3CCNCC3)cc1-2. The third-order valence-electron chi connectivity index (χ3n) is 5.14. The van der Waals surface area contributed by atoms with Crippen LogP contribution in [0.2, 0.25) is 0 Å². The van der Waals surface area contributed by atoms with Crippen LogP contribution in [0.15, 0.2) is 18.2 Å². The highest BCUT2D eigenvalue weighted by Gasteiger charge is 2.44. The fourth-order valence-corrected chi connectivity index (χ4v) is 3.69. The van der Waals surface area contributed by atoms with Gasteiger partial charge in [0.2, 0.25) is 10.7 Å². The zero-order valence-corrected chi connectivity index (χ0v) is 15.5. The summed E-state index contributed by atoms with van der Waals surface area (Å²) in [6.07, 6.45) is -3.29. The highest BCUT2D eigenvalue weighted by atomic mass is 19.4. The van der Waals surface area contributed by atoms with Crippen molar-refractivity contribution in [3.05, 3.63) is 40.1 Å². The van der Waals surface area contributed by atoms with Crippen molar-refractivity contribution in [3.8, 4) is 16.9 Å². The molecule has 0 amide bonds. The molecule has 3 heterocycles. The molecule has 8 nitrogen and oxygen atoms in total. The number of nitrogens with one attached hydrogen (secondary N) is 1. The maximum atomic E-state index is 12.5. The number of ether oxygens (including phenoxy) is 1. The maximum absolute atomic E-state index is 12.5. The molecule has 0 unspecified atom stereocenters. The van der Waals surface area contributed by atoms with Crippen LogP contribution in [0.5, 0.6) is 5.75 Å². The number of fused-ring (bicyclic) bond motifs is 3. The molecule has 1 aromatic heterocycles. The van der Waals surface area contributed by atoms with E-state index in [-0.39, 0.29) is 27.5 Å². The van der Waals surface area contributed by atoms with Gasteiger partial charge in [0.05, 0.1) is 10.7 Å². The minimum Gasteiger partial charge on any atom is -0.484 e. The van der Waals surface area contributed by atoms with E-state index in [0.717, 1.165) is 31.5 Å². The summed E-state index contributed by atoms with van der Waals surface area (Å²) in [5, 5.41) is 7.07. The number of halogens is 3. The van der Waals surface area contributed by atoms with E-state index in [1.807, 2.05) is 18.2 Å². The Labute approximate surface area is 162 Å². The molecule has 1 fully saturated rings. The van der Waals surface area contributed by atoms with E-state index >= 15 is 0 Å². The number of nitrogens with zero attached hydrogens (tertiary/aromatic N) is 3. The van der Waals surface area contributed by atoms with Crippen molar-refractivity contribution in [2.45, 2.75) is 38.5 Å². The maximum Gasteiger partial charge on any atom is 0.493 e. The molecular formula is C18H18F3N4O4+. The van der Waals surface area contributed by atoms with E-state index in [1.165, 1.54) is 6.92 Å². The van der Waals surface area contributed by atoms with Gasteiger partial charge in [-0.05, 0) is 54.5 Å².